The number of aromatic hydroxyl groups is 1. The minimum absolute atomic E-state index is 0.0244. The van der Waals surface area contributed by atoms with Gasteiger partial charge in [0, 0.05) is 37.6 Å². The van der Waals surface area contributed by atoms with Crippen molar-refractivity contribution in [1.29, 1.82) is 0 Å². The van der Waals surface area contributed by atoms with Crippen molar-refractivity contribution in [1.82, 2.24) is 9.97 Å². The third kappa shape index (κ3) is 7.32. The van der Waals surface area contributed by atoms with Crippen molar-refractivity contribution in [2.24, 2.45) is 11.8 Å². The number of aliphatic carboxylic acids is 1. The Morgan fingerprint density at radius 2 is 1.81 bits per heavy atom. The molecule has 1 aliphatic carbocycles. The van der Waals surface area contributed by atoms with Crippen molar-refractivity contribution in [3.05, 3.63) is 72.1 Å². The first kappa shape index (κ1) is 29.2. The Balaban J connectivity index is 1.23. The van der Waals surface area contributed by atoms with E-state index >= 15 is 0 Å². The Kier molecular flexibility index (Phi) is 9.14. The Labute approximate surface area is 242 Å². The Hall–Kier alpha value is -4.28. The van der Waals surface area contributed by atoms with Crippen LogP contribution >= 0.6 is 0 Å². The molecule has 0 radical (unpaired) electrons. The summed E-state index contributed by atoms with van der Waals surface area (Å²) in [5.41, 5.74) is 1.63. The zero-order valence-corrected chi connectivity index (χ0v) is 23.1. The number of benzene rings is 1. The number of amides is 1. The van der Waals surface area contributed by atoms with Crippen LogP contribution < -0.4 is 14.5 Å². The molecule has 0 spiro atoms. The average Bonchev–Trinajstić information content (AvgIpc) is 3.83. The SMILES string of the molecule is O=C(O)CC(c1ccnc(OCC2CCN(c3cc(O)ccc3C(=O)N(CC(F)F)c3ccccn3)CC2)c1)C1CC1. The highest BCUT2D eigenvalue weighted by Crippen LogP contribution is 2.45. The molecule has 1 aromatic carbocycles. The number of hydrogen-bond acceptors (Lipinski definition) is 7. The normalized spacial score (nSPS) is 16.3. The molecule has 2 aliphatic rings. The van der Waals surface area contributed by atoms with Crippen LogP contribution in [0.15, 0.2) is 60.9 Å². The first-order valence-electron chi connectivity index (χ1n) is 14.2. The number of carbonyl (C=O) groups excluding carboxylic acids is 1. The molecule has 1 aliphatic heterocycles. The predicted molar refractivity (Wildman–Crippen MR) is 152 cm³/mol. The molecular formula is C31H34F2N4O5. The van der Waals surface area contributed by atoms with E-state index in [0.29, 0.717) is 37.2 Å². The number of phenols is 1. The van der Waals surface area contributed by atoms with Crippen LogP contribution in [0.4, 0.5) is 20.3 Å². The number of aromatic nitrogens is 2. The van der Waals surface area contributed by atoms with Crippen LogP contribution in [0.2, 0.25) is 0 Å². The molecule has 1 amide bonds. The molecule has 2 fully saturated rings. The number of hydrogen-bond donors (Lipinski definition) is 2. The van der Waals surface area contributed by atoms with E-state index in [1.54, 1.807) is 18.3 Å². The fourth-order valence-electron chi connectivity index (χ4n) is 5.56. The average molecular weight is 581 g/mol. The van der Waals surface area contributed by atoms with E-state index in [1.807, 2.05) is 17.0 Å². The summed E-state index contributed by atoms with van der Waals surface area (Å²) in [6.45, 7) is 0.783. The first-order chi connectivity index (χ1) is 20.3. The largest absolute Gasteiger partial charge is 0.508 e. The number of anilines is 2. The molecule has 222 valence electrons. The summed E-state index contributed by atoms with van der Waals surface area (Å²) >= 11 is 0. The zero-order chi connectivity index (χ0) is 29.6. The van der Waals surface area contributed by atoms with Crippen molar-refractivity contribution in [2.75, 3.05) is 36.0 Å². The van der Waals surface area contributed by atoms with Crippen LogP contribution in [-0.4, -0.2) is 64.7 Å². The summed E-state index contributed by atoms with van der Waals surface area (Å²) in [6.07, 6.45) is 4.00. The molecule has 3 aromatic rings. The van der Waals surface area contributed by atoms with Gasteiger partial charge in [0.1, 0.15) is 11.6 Å². The zero-order valence-electron chi connectivity index (χ0n) is 23.1. The van der Waals surface area contributed by atoms with Crippen LogP contribution in [0.5, 0.6) is 11.6 Å². The van der Waals surface area contributed by atoms with E-state index in [2.05, 4.69) is 9.97 Å². The second kappa shape index (κ2) is 13.1. The smallest absolute Gasteiger partial charge is 0.303 e. The highest BCUT2D eigenvalue weighted by molar-refractivity contribution is 6.09. The molecule has 42 heavy (non-hydrogen) atoms. The number of halogens is 2. The van der Waals surface area contributed by atoms with Gasteiger partial charge < -0.3 is 19.8 Å². The fourth-order valence-corrected chi connectivity index (χ4v) is 5.56. The van der Waals surface area contributed by atoms with E-state index in [0.717, 1.165) is 36.1 Å². The van der Waals surface area contributed by atoms with Gasteiger partial charge >= 0.3 is 5.97 Å². The number of alkyl halides is 2. The number of piperidine rings is 1. The lowest BCUT2D eigenvalue weighted by Gasteiger charge is -2.35. The van der Waals surface area contributed by atoms with Gasteiger partial charge in [-0.25, -0.2) is 18.7 Å². The van der Waals surface area contributed by atoms with E-state index in [9.17, 15) is 28.6 Å². The quantitative estimate of drug-likeness (QED) is 0.294. The lowest BCUT2D eigenvalue weighted by molar-refractivity contribution is -0.137. The van der Waals surface area contributed by atoms with Gasteiger partial charge in [0.2, 0.25) is 5.88 Å². The minimum Gasteiger partial charge on any atom is -0.508 e. The maximum absolute atomic E-state index is 13.5. The Morgan fingerprint density at radius 3 is 2.48 bits per heavy atom. The standard InChI is InChI=1S/C31H34F2N4O5/c32-27(33)18-37(28-3-1-2-11-34-28)31(41)24-7-6-23(38)16-26(24)36-13-9-20(10-14-36)19-42-29-15-22(8-12-35-29)25(17-30(39)40)21-4-5-21/h1-3,6-8,11-12,15-16,20-21,25,27,38H,4-5,9-10,13-14,17-19H2,(H,39,40). The lowest BCUT2D eigenvalue weighted by atomic mass is 9.92. The lowest BCUT2D eigenvalue weighted by Crippen LogP contribution is -2.39. The monoisotopic (exact) mass is 580 g/mol. The Morgan fingerprint density at radius 1 is 1.02 bits per heavy atom. The van der Waals surface area contributed by atoms with Crippen LogP contribution in [0, 0.1) is 11.8 Å². The topological polar surface area (TPSA) is 116 Å². The van der Waals surface area contributed by atoms with Gasteiger partial charge in [-0.1, -0.05) is 6.07 Å². The summed E-state index contributed by atoms with van der Waals surface area (Å²) in [5, 5.41) is 19.5. The number of ether oxygens (including phenoxy) is 1. The third-order valence-electron chi connectivity index (χ3n) is 7.90. The minimum atomic E-state index is -2.75. The van der Waals surface area contributed by atoms with Crippen molar-refractivity contribution in [3.63, 3.8) is 0 Å². The van der Waals surface area contributed by atoms with E-state index in [-0.39, 0.29) is 35.4 Å². The number of carboxylic acid groups (broad SMARTS) is 1. The summed E-state index contributed by atoms with van der Waals surface area (Å²) in [4.78, 5) is 36.3. The highest BCUT2D eigenvalue weighted by Gasteiger charge is 2.34. The second-order valence-corrected chi connectivity index (χ2v) is 10.9. The third-order valence-corrected chi connectivity index (χ3v) is 7.90. The van der Waals surface area contributed by atoms with Gasteiger partial charge in [0.25, 0.3) is 12.3 Å². The van der Waals surface area contributed by atoms with E-state index in [4.69, 9.17) is 4.74 Å². The Bertz CT molecular complexity index is 1380. The van der Waals surface area contributed by atoms with Crippen molar-refractivity contribution < 1.29 is 33.3 Å². The molecule has 9 nitrogen and oxygen atoms in total. The molecule has 5 rings (SSSR count). The van der Waals surface area contributed by atoms with Crippen molar-refractivity contribution in [2.45, 2.75) is 44.4 Å². The fraction of sp³-hybridized carbons (Fsp3) is 0.419. The maximum Gasteiger partial charge on any atom is 0.303 e. The number of carboxylic acids is 1. The molecule has 0 bridgehead atoms. The molecule has 3 heterocycles. The number of rotatable bonds is 12. The number of pyridine rings is 2. The van der Waals surface area contributed by atoms with E-state index < -0.39 is 24.8 Å². The molecule has 1 saturated carbocycles. The molecule has 1 saturated heterocycles. The van der Waals surface area contributed by atoms with Gasteiger partial charge in [-0.15, -0.1) is 0 Å². The molecular weight excluding hydrogens is 546 g/mol. The second-order valence-electron chi connectivity index (χ2n) is 10.9. The van der Waals surface area contributed by atoms with Gasteiger partial charge in [0.15, 0.2) is 0 Å². The van der Waals surface area contributed by atoms with Crippen LogP contribution in [0.25, 0.3) is 0 Å². The van der Waals surface area contributed by atoms with Gasteiger partial charge in [-0.05, 0) is 79.3 Å². The van der Waals surface area contributed by atoms with Gasteiger partial charge in [-0.3, -0.25) is 14.5 Å². The maximum atomic E-state index is 13.5. The van der Waals surface area contributed by atoms with Crippen LogP contribution in [0.3, 0.4) is 0 Å². The predicted octanol–water partition coefficient (Wildman–Crippen LogP) is 5.36. The van der Waals surface area contributed by atoms with Crippen molar-refractivity contribution in [3.8, 4) is 11.6 Å². The van der Waals surface area contributed by atoms with Crippen LogP contribution in [0.1, 0.15) is 53.9 Å². The van der Waals surface area contributed by atoms with Gasteiger partial charge in [-0.2, -0.15) is 0 Å². The molecule has 1 atom stereocenters. The number of nitrogens with zero attached hydrogens (tertiary/aromatic N) is 4. The first-order valence-corrected chi connectivity index (χ1v) is 14.2. The summed E-state index contributed by atoms with van der Waals surface area (Å²) in [6, 6.07) is 12.8. The van der Waals surface area contributed by atoms with Crippen molar-refractivity contribution >= 4 is 23.4 Å². The number of carbonyl (C=O) groups is 2. The molecule has 1 unspecified atom stereocenters. The molecule has 2 aromatic heterocycles. The summed E-state index contributed by atoms with van der Waals surface area (Å²) < 4.78 is 32.9. The summed E-state index contributed by atoms with van der Waals surface area (Å²) in [5.74, 6) is -0.289. The van der Waals surface area contributed by atoms with Gasteiger partial charge in [0.05, 0.1) is 30.8 Å². The molecule has 2 N–H and O–H groups in total. The van der Waals surface area contributed by atoms with Crippen LogP contribution in [-0.2, 0) is 4.79 Å². The van der Waals surface area contributed by atoms with E-state index in [1.165, 1.54) is 30.5 Å². The number of phenolic OH excluding ortho intramolecular Hbond substituents is 1. The highest BCUT2D eigenvalue weighted by atomic mass is 19.3. The molecule has 11 heteroatoms. The summed E-state index contributed by atoms with van der Waals surface area (Å²) in [7, 11) is 0.